The van der Waals surface area contributed by atoms with Gasteiger partial charge in [0.2, 0.25) is 0 Å². The highest BCUT2D eigenvalue weighted by Crippen LogP contribution is 2.23. The van der Waals surface area contributed by atoms with Crippen molar-refractivity contribution >= 4 is 9.84 Å². The Kier molecular flexibility index (Phi) is 4.14. The Morgan fingerprint density at radius 2 is 1.87 bits per heavy atom. The summed E-state index contributed by atoms with van der Waals surface area (Å²) < 4.78 is 22.8. The maximum absolute atomic E-state index is 11.4. The smallest absolute Gasteiger partial charge is 0.151 e. The molecular formula is C10H21NO3S. The summed E-state index contributed by atoms with van der Waals surface area (Å²) in [6.07, 6.45) is 1.42. The third kappa shape index (κ3) is 3.74. The second-order valence-corrected chi connectivity index (χ2v) is 6.74. The molecule has 1 aliphatic rings. The second kappa shape index (κ2) is 4.80. The minimum Gasteiger partial charge on any atom is -0.387 e. The van der Waals surface area contributed by atoms with Crippen LogP contribution in [0.5, 0.6) is 0 Å². The molecule has 0 saturated carbocycles. The van der Waals surface area contributed by atoms with Crippen LogP contribution in [0.3, 0.4) is 0 Å². The molecule has 0 aliphatic carbocycles. The summed E-state index contributed by atoms with van der Waals surface area (Å²) in [5.74, 6) is 0.500. The number of rotatable bonds is 6. The Morgan fingerprint density at radius 1 is 1.27 bits per heavy atom. The molecule has 1 fully saturated rings. The van der Waals surface area contributed by atoms with E-state index in [2.05, 4.69) is 0 Å². The summed E-state index contributed by atoms with van der Waals surface area (Å²) in [6, 6.07) is 0. The average molecular weight is 235 g/mol. The van der Waals surface area contributed by atoms with E-state index < -0.39 is 15.4 Å². The highest BCUT2D eigenvalue weighted by molar-refractivity contribution is 7.91. The third-order valence-electron chi connectivity index (χ3n) is 2.93. The number of aliphatic hydroxyl groups is 1. The molecule has 0 atom stereocenters. The van der Waals surface area contributed by atoms with Gasteiger partial charge in [0.15, 0.2) is 9.84 Å². The lowest BCUT2D eigenvalue weighted by Crippen LogP contribution is -2.62. The minimum atomic E-state index is -2.87. The largest absolute Gasteiger partial charge is 0.387 e. The number of hydrogen-bond donors (Lipinski definition) is 1. The maximum atomic E-state index is 11.4. The molecule has 0 radical (unpaired) electrons. The third-order valence-corrected chi connectivity index (χ3v) is 4.76. The van der Waals surface area contributed by atoms with E-state index in [1.54, 1.807) is 0 Å². The number of sulfone groups is 1. The van der Waals surface area contributed by atoms with Crippen LogP contribution < -0.4 is 0 Å². The Morgan fingerprint density at radius 3 is 2.33 bits per heavy atom. The topological polar surface area (TPSA) is 57.6 Å². The molecule has 1 N–H and O–H groups in total. The van der Waals surface area contributed by atoms with Crippen LogP contribution in [-0.4, -0.2) is 55.2 Å². The lowest BCUT2D eigenvalue weighted by molar-refractivity contribution is -0.0966. The summed E-state index contributed by atoms with van der Waals surface area (Å²) in [4.78, 5) is 2.00. The summed E-state index contributed by atoms with van der Waals surface area (Å²) >= 11 is 0. The Hall–Kier alpha value is -0.130. The van der Waals surface area contributed by atoms with Crippen LogP contribution in [0.2, 0.25) is 0 Å². The summed E-state index contributed by atoms with van der Waals surface area (Å²) in [5, 5.41) is 9.73. The van der Waals surface area contributed by atoms with E-state index in [9.17, 15) is 13.5 Å². The van der Waals surface area contributed by atoms with Crippen molar-refractivity contribution in [2.75, 3.05) is 31.1 Å². The first-order chi connectivity index (χ1) is 6.91. The van der Waals surface area contributed by atoms with Gasteiger partial charge in [0, 0.05) is 25.4 Å². The van der Waals surface area contributed by atoms with Crippen LogP contribution in [0.1, 0.15) is 26.7 Å². The number of likely N-dealkylation sites (tertiary alicyclic amines) is 1. The van der Waals surface area contributed by atoms with Crippen LogP contribution in [0.15, 0.2) is 0 Å². The van der Waals surface area contributed by atoms with E-state index in [0.29, 0.717) is 26.1 Å². The van der Waals surface area contributed by atoms with Crippen LogP contribution in [0.25, 0.3) is 0 Å². The molecule has 0 aromatic rings. The number of hydrogen-bond acceptors (Lipinski definition) is 4. The van der Waals surface area contributed by atoms with Crippen molar-refractivity contribution in [1.82, 2.24) is 4.90 Å². The van der Waals surface area contributed by atoms with E-state index in [1.165, 1.54) is 0 Å². The SMILES string of the molecule is CCCS(=O)(=O)CCN1CC(O)(CC)C1. The Bertz CT molecular complexity index is 294. The summed E-state index contributed by atoms with van der Waals surface area (Å²) in [6.45, 7) is 5.61. The number of β-amino-alcohol motifs (C(OH)–C–C–N with tert-alkyl or cyclic N) is 1. The average Bonchev–Trinajstić information content (AvgIpc) is 2.10. The molecule has 1 heterocycles. The zero-order valence-corrected chi connectivity index (χ0v) is 10.4. The molecule has 15 heavy (non-hydrogen) atoms. The van der Waals surface area contributed by atoms with Gasteiger partial charge in [-0.25, -0.2) is 8.42 Å². The summed E-state index contributed by atoms with van der Waals surface area (Å²) in [7, 11) is -2.87. The highest BCUT2D eigenvalue weighted by atomic mass is 32.2. The second-order valence-electron chi connectivity index (χ2n) is 4.44. The van der Waals surface area contributed by atoms with Crippen LogP contribution in [-0.2, 0) is 9.84 Å². The van der Waals surface area contributed by atoms with Crippen molar-refractivity contribution in [3.8, 4) is 0 Å². The quantitative estimate of drug-likeness (QED) is 0.718. The first-order valence-electron chi connectivity index (χ1n) is 5.56. The fourth-order valence-electron chi connectivity index (χ4n) is 1.85. The normalized spacial score (nSPS) is 21.3. The van der Waals surface area contributed by atoms with Gasteiger partial charge in [-0.2, -0.15) is 0 Å². The molecular weight excluding hydrogens is 214 g/mol. The zero-order chi connectivity index (χ0) is 11.5. The van der Waals surface area contributed by atoms with E-state index >= 15 is 0 Å². The molecule has 0 unspecified atom stereocenters. The van der Waals surface area contributed by atoms with Gasteiger partial charge in [0.1, 0.15) is 0 Å². The number of nitrogens with zero attached hydrogens (tertiary/aromatic N) is 1. The first-order valence-corrected chi connectivity index (χ1v) is 7.38. The zero-order valence-electron chi connectivity index (χ0n) is 9.57. The van der Waals surface area contributed by atoms with Crippen molar-refractivity contribution in [1.29, 1.82) is 0 Å². The van der Waals surface area contributed by atoms with Crippen molar-refractivity contribution in [2.24, 2.45) is 0 Å². The summed E-state index contributed by atoms with van der Waals surface area (Å²) in [5.41, 5.74) is -0.561. The molecule has 1 saturated heterocycles. The minimum absolute atomic E-state index is 0.223. The molecule has 90 valence electrons. The lowest BCUT2D eigenvalue weighted by atomic mass is 9.92. The first kappa shape index (κ1) is 12.9. The predicted molar refractivity (Wildman–Crippen MR) is 60.6 cm³/mol. The molecule has 1 aliphatic heterocycles. The molecule has 0 bridgehead atoms. The van der Waals surface area contributed by atoms with Crippen molar-refractivity contribution < 1.29 is 13.5 Å². The van der Waals surface area contributed by atoms with E-state index in [-0.39, 0.29) is 11.5 Å². The van der Waals surface area contributed by atoms with Crippen LogP contribution >= 0.6 is 0 Å². The van der Waals surface area contributed by atoms with Gasteiger partial charge < -0.3 is 5.11 Å². The molecule has 0 aromatic carbocycles. The van der Waals surface area contributed by atoms with Crippen molar-refractivity contribution in [2.45, 2.75) is 32.3 Å². The van der Waals surface area contributed by atoms with Crippen LogP contribution in [0, 0.1) is 0 Å². The highest BCUT2D eigenvalue weighted by Gasteiger charge is 2.39. The standard InChI is InChI=1S/C10H21NO3S/c1-3-6-15(13,14)7-5-11-8-10(12,4-2)9-11/h12H,3-9H2,1-2H3. The monoisotopic (exact) mass is 235 g/mol. The van der Waals surface area contributed by atoms with Gasteiger partial charge in [0.25, 0.3) is 0 Å². The molecule has 1 rings (SSSR count). The van der Waals surface area contributed by atoms with Gasteiger partial charge in [-0.3, -0.25) is 4.90 Å². The van der Waals surface area contributed by atoms with Gasteiger partial charge in [0.05, 0.1) is 11.4 Å². The molecule has 5 heteroatoms. The van der Waals surface area contributed by atoms with Crippen molar-refractivity contribution in [3.63, 3.8) is 0 Å². The molecule has 0 aromatic heterocycles. The van der Waals surface area contributed by atoms with Gasteiger partial charge in [-0.05, 0) is 12.8 Å². The fourth-order valence-corrected chi connectivity index (χ4v) is 3.21. The Labute approximate surface area is 92.2 Å². The Balaban J connectivity index is 2.24. The van der Waals surface area contributed by atoms with Crippen LogP contribution in [0.4, 0.5) is 0 Å². The molecule has 0 spiro atoms. The van der Waals surface area contributed by atoms with E-state index in [1.807, 2.05) is 18.7 Å². The van der Waals surface area contributed by atoms with Gasteiger partial charge in [-0.1, -0.05) is 13.8 Å². The van der Waals surface area contributed by atoms with E-state index in [4.69, 9.17) is 0 Å². The lowest BCUT2D eigenvalue weighted by Gasteiger charge is -2.46. The maximum Gasteiger partial charge on any atom is 0.151 e. The van der Waals surface area contributed by atoms with E-state index in [0.717, 1.165) is 6.42 Å². The molecule has 4 nitrogen and oxygen atoms in total. The van der Waals surface area contributed by atoms with Crippen molar-refractivity contribution in [3.05, 3.63) is 0 Å². The predicted octanol–water partition coefficient (Wildman–Crippen LogP) is 0.268. The fraction of sp³-hybridized carbons (Fsp3) is 1.00. The molecule has 0 amide bonds. The van der Waals surface area contributed by atoms with Gasteiger partial charge in [-0.15, -0.1) is 0 Å². The van der Waals surface area contributed by atoms with Gasteiger partial charge >= 0.3 is 0 Å².